The molecule has 0 aromatic heterocycles. The maximum Gasteiger partial charge on any atom is 0.304 e. The van der Waals surface area contributed by atoms with Crippen molar-refractivity contribution in [3.05, 3.63) is 24.3 Å². The molecule has 0 spiro atoms. The van der Waals surface area contributed by atoms with E-state index in [-0.39, 0.29) is 12.3 Å². The summed E-state index contributed by atoms with van der Waals surface area (Å²) < 4.78 is 0. The van der Waals surface area contributed by atoms with Crippen LogP contribution in [0.4, 0.5) is 5.69 Å². The van der Waals surface area contributed by atoms with Crippen LogP contribution in [0.5, 0.6) is 0 Å². The predicted octanol–water partition coefficient (Wildman–Crippen LogP) is 2.14. The summed E-state index contributed by atoms with van der Waals surface area (Å²) in [6.45, 7) is 0.991. The van der Waals surface area contributed by atoms with Crippen molar-refractivity contribution in [1.82, 2.24) is 4.90 Å². The number of nitrogens with one attached hydrogen (secondary N) is 1. The Kier molecular flexibility index (Phi) is 7.11. The van der Waals surface area contributed by atoms with Crippen LogP contribution in [0.1, 0.15) is 12.8 Å². The van der Waals surface area contributed by atoms with Crippen molar-refractivity contribution in [3.8, 4) is 0 Å². The molecule has 0 aliphatic carbocycles. The van der Waals surface area contributed by atoms with Crippen molar-refractivity contribution in [2.24, 2.45) is 0 Å². The Morgan fingerprint density at radius 2 is 1.90 bits per heavy atom. The molecule has 0 aliphatic rings. The lowest BCUT2D eigenvalue weighted by molar-refractivity contribution is -0.137. The lowest BCUT2D eigenvalue weighted by atomic mass is 10.3. The maximum absolute atomic E-state index is 11.9. The molecule has 0 fully saturated rings. The van der Waals surface area contributed by atoms with E-state index in [4.69, 9.17) is 5.11 Å². The van der Waals surface area contributed by atoms with E-state index in [1.807, 2.05) is 42.5 Å². The van der Waals surface area contributed by atoms with Gasteiger partial charge in [-0.05, 0) is 25.4 Å². The second kappa shape index (κ2) is 8.60. The van der Waals surface area contributed by atoms with Gasteiger partial charge in [-0.15, -0.1) is 11.8 Å². The van der Waals surface area contributed by atoms with Crippen molar-refractivity contribution in [2.75, 3.05) is 31.7 Å². The summed E-state index contributed by atoms with van der Waals surface area (Å²) in [6.07, 6.45) is 2.40. The summed E-state index contributed by atoms with van der Waals surface area (Å²) in [5.74, 6) is -0.885. The first-order valence-electron chi connectivity index (χ1n) is 6.36. The number of benzene rings is 1. The monoisotopic (exact) mass is 296 g/mol. The fourth-order valence-electron chi connectivity index (χ4n) is 1.65. The highest BCUT2D eigenvalue weighted by atomic mass is 32.2. The number of aliphatic carboxylic acids is 1. The van der Waals surface area contributed by atoms with Crippen LogP contribution < -0.4 is 5.32 Å². The predicted molar refractivity (Wildman–Crippen MR) is 81.2 cm³/mol. The summed E-state index contributed by atoms with van der Waals surface area (Å²) in [6, 6.07) is 7.65. The van der Waals surface area contributed by atoms with Gasteiger partial charge in [-0.1, -0.05) is 12.1 Å². The minimum absolute atomic E-state index is 0.0614. The third-order valence-corrected chi connectivity index (χ3v) is 3.60. The smallest absolute Gasteiger partial charge is 0.304 e. The molecule has 2 N–H and O–H groups in total. The van der Waals surface area contributed by atoms with Gasteiger partial charge in [-0.3, -0.25) is 9.59 Å². The van der Waals surface area contributed by atoms with Gasteiger partial charge in [-0.25, -0.2) is 0 Å². The molecule has 0 saturated carbocycles. The number of para-hydroxylation sites is 1. The topological polar surface area (TPSA) is 69.6 Å². The Morgan fingerprint density at radius 1 is 1.25 bits per heavy atom. The van der Waals surface area contributed by atoms with Crippen molar-refractivity contribution in [2.45, 2.75) is 17.7 Å². The van der Waals surface area contributed by atoms with Crippen LogP contribution in [0.25, 0.3) is 0 Å². The first kappa shape index (κ1) is 16.5. The van der Waals surface area contributed by atoms with Crippen LogP contribution in [0.3, 0.4) is 0 Å². The van der Waals surface area contributed by atoms with Crippen LogP contribution >= 0.6 is 11.8 Å². The van der Waals surface area contributed by atoms with E-state index in [9.17, 15) is 9.59 Å². The zero-order valence-corrected chi connectivity index (χ0v) is 12.6. The van der Waals surface area contributed by atoms with Gasteiger partial charge in [0.2, 0.25) is 5.91 Å². The Bertz CT molecular complexity index is 465. The Balaban J connectivity index is 2.38. The molecule has 1 aromatic rings. The van der Waals surface area contributed by atoms with E-state index in [0.29, 0.717) is 19.5 Å². The molecule has 20 heavy (non-hydrogen) atoms. The molecule has 6 heteroatoms. The first-order chi connectivity index (χ1) is 9.52. The number of carboxylic acid groups (broad SMARTS) is 1. The molecule has 0 saturated heterocycles. The maximum atomic E-state index is 11.9. The van der Waals surface area contributed by atoms with Gasteiger partial charge in [0.1, 0.15) is 0 Å². The number of carboxylic acids is 1. The third kappa shape index (κ3) is 6.08. The molecule has 0 unspecified atom stereocenters. The largest absolute Gasteiger partial charge is 0.481 e. The second-order valence-corrected chi connectivity index (χ2v) is 5.29. The Hall–Kier alpha value is -1.53. The quantitative estimate of drug-likeness (QED) is 0.719. The standard InChI is InChI=1S/C14H20N2O3S/c1-16(10-8-14(18)19)9-7-13(17)15-11-5-3-4-6-12(11)20-2/h3-6H,7-10H2,1-2H3,(H,15,17)(H,18,19). The van der Waals surface area contributed by atoms with Crippen LogP contribution in [-0.4, -0.2) is 48.3 Å². The molecule has 1 rings (SSSR count). The summed E-state index contributed by atoms with van der Waals surface area (Å²) in [7, 11) is 1.81. The van der Waals surface area contributed by atoms with Crippen LogP contribution in [-0.2, 0) is 9.59 Å². The number of carbonyl (C=O) groups is 2. The summed E-state index contributed by atoms with van der Waals surface area (Å²) in [5.41, 5.74) is 0.818. The van der Waals surface area contributed by atoms with E-state index in [1.54, 1.807) is 11.8 Å². The Morgan fingerprint density at radius 3 is 2.55 bits per heavy atom. The van der Waals surface area contributed by atoms with Gasteiger partial charge in [0, 0.05) is 24.4 Å². The normalized spacial score (nSPS) is 10.6. The first-order valence-corrected chi connectivity index (χ1v) is 7.58. The summed E-state index contributed by atoms with van der Waals surface area (Å²) in [5, 5.41) is 11.5. The van der Waals surface area contributed by atoms with Crippen molar-refractivity contribution >= 4 is 29.3 Å². The SMILES string of the molecule is CSc1ccccc1NC(=O)CCN(C)CCC(=O)O. The zero-order valence-electron chi connectivity index (χ0n) is 11.8. The van der Waals surface area contributed by atoms with Crippen LogP contribution in [0.15, 0.2) is 29.2 Å². The average molecular weight is 296 g/mol. The fourth-order valence-corrected chi connectivity index (χ4v) is 2.20. The molecular formula is C14H20N2O3S. The van der Waals surface area contributed by atoms with Crippen LogP contribution in [0, 0.1) is 0 Å². The molecule has 1 amide bonds. The Labute approximate surface area is 123 Å². The third-order valence-electron chi connectivity index (χ3n) is 2.81. The zero-order chi connectivity index (χ0) is 15.0. The van der Waals surface area contributed by atoms with Gasteiger partial charge in [0.25, 0.3) is 0 Å². The molecule has 1 aromatic carbocycles. The van der Waals surface area contributed by atoms with Gasteiger partial charge >= 0.3 is 5.97 Å². The number of carbonyl (C=O) groups excluding carboxylic acids is 1. The minimum atomic E-state index is -0.824. The molecule has 0 bridgehead atoms. The molecule has 110 valence electrons. The average Bonchev–Trinajstić information content (AvgIpc) is 2.43. The summed E-state index contributed by atoms with van der Waals surface area (Å²) in [4.78, 5) is 25.2. The molecule has 0 radical (unpaired) electrons. The molecule has 0 heterocycles. The number of hydrogen-bond donors (Lipinski definition) is 2. The van der Waals surface area contributed by atoms with Crippen molar-refractivity contribution < 1.29 is 14.7 Å². The lowest BCUT2D eigenvalue weighted by Crippen LogP contribution is -2.26. The fraction of sp³-hybridized carbons (Fsp3) is 0.429. The van der Waals surface area contributed by atoms with E-state index < -0.39 is 5.97 Å². The van der Waals surface area contributed by atoms with E-state index in [2.05, 4.69) is 5.32 Å². The number of anilines is 1. The van der Waals surface area contributed by atoms with E-state index in [1.165, 1.54) is 0 Å². The number of rotatable bonds is 8. The van der Waals surface area contributed by atoms with Gasteiger partial charge < -0.3 is 15.3 Å². The highest BCUT2D eigenvalue weighted by Gasteiger charge is 2.08. The number of amides is 1. The number of nitrogens with zero attached hydrogens (tertiary/aromatic N) is 1. The summed E-state index contributed by atoms with van der Waals surface area (Å²) >= 11 is 1.58. The van der Waals surface area contributed by atoms with Crippen LogP contribution in [0.2, 0.25) is 0 Å². The second-order valence-electron chi connectivity index (χ2n) is 4.45. The van der Waals surface area contributed by atoms with Gasteiger partial charge in [0.15, 0.2) is 0 Å². The molecule has 5 nitrogen and oxygen atoms in total. The van der Waals surface area contributed by atoms with Gasteiger partial charge in [-0.2, -0.15) is 0 Å². The lowest BCUT2D eigenvalue weighted by Gasteiger charge is -2.15. The minimum Gasteiger partial charge on any atom is -0.481 e. The molecule has 0 atom stereocenters. The van der Waals surface area contributed by atoms with Crippen molar-refractivity contribution in [3.63, 3.8) is 0 Å². The van der Waals surface area contributed by atoms with Crippen molar-refractivity contribution in [1.29, 1.82) is 0 Å². The van der Waals surface area contributed by atoms with E-state index in [0.717, 1.165) is 10.6 Å². The van der Waals surface area contributed by atoms with Gasteiger partial charge in [0.05, 0.1) is 12.1 Å². The molecule has 0 aliphatic heterocycles. The number of hydrogen-bond acceptors (Lipinski definition) is 4. The molecular weight excluding hydrogens is 276 g/mol. The highest BCUT2D eigenvalue weighted by Crippen LogP contribution is 2.24. The van der Waals surface area contributed by atoms with E-state index >= 15 is 0 Å². The number of thioether (sulfide) groups is 1. The highest BCUT2D eigenvalue weighted by molar-refractivity contribution is 7.98.